The van der Waals surface area contributed by atoms with E-state index in [9.17, 15) is 30.3 Å². The van der Waals surface area contributed by atoms with Crippen LogP contribution in [-0.4, -0.2) is 87.5 Å². The third-order valence-corrected chi connectivity index (χ3v) is 19.0. The van der Waals surface area contributed by atoms with E-state index in [1.54, 1.807) is 0 Å². The molecule has 0 aromatic heterocycles. The summed E-state index contributed by atoms with van der Waals surface area (Å²) in [4.78, 5) is 13.2. The van der Waals surface area contributed by atoms with E-state index < -0.39 is 49.5 Å². The monoisotopic (exact) mass is 1300 g/mol. The number of nitrogens with one attached hydrogen (secondary N) is 1. The number of hydrogen-bond acceptors (Lipinski definition) is 8. The molecule has 7 atom stereocenters. The van der Waals surface area contributed by atoms with Crippen molar-refractivity contribution in [2.75, 3.05) is 13.2 Å². The van der Waals surface area contributed by atoms with Gasteiger partial charge in [0.05, 0.1) is 25.4 Å². The van der Waals surface area contributed by atoms with Crippen LogP contribution in [0.1, 0.15) is 386 Å². The van der Waals surface area contributed by atoms with Gasteiger partial charge in [-0.1, -0.05) is 394 Å². The number of amides is 1. The Hall–Kier alpha value is -2.63. The van der Waals surface area contributed by atoms with Crippen LogP contribution in [-0.2, 0) is 14.3 Å². The fourth-order valence-corrected chi connectivity index (χ4v) is 12.8. The van der Waals surface area contributed by atoms with Gasteiger partial charge in [-0.2, -0.15) is 0 Å². The zero-order chi connectivity index (χ0) is 67.1. The number of unbranched alkanes of at least 4 members (excludes halogenated alkanes) is 47. The van der Waals surface area contributed by atoms with Gasteiger partial charge in [0, 0.05) is 6.42 Å². The van der Waals surface area contributed by atoms with Crippen molar-refractivity contribution in [1.82, 2.24) is 5.32 Å². The number of carbonyl (C=O) groups excluding carboxylic acids is 1. The first kappa shape index (κ1) is 88.4. The van der Waals surface area contributed by atoms with E-state index in [-0.39, 0.29) is 12.5 Å². The van der Waals surface area contributed by atoms with E-state index >= 15 is 0 Å². The quantitative estimate of drug-likeness (QED) is 0.0261. The lowest BCUT2D eigenvalue weighted by atomic mass is 9.99. The first-order valence-electron chi connectivity index (χ1n) is 40.3. The zero-order valence-electron chi connectivity index (χ0n) is 61.0. The SMILES string of the molecule is CC/C=C\C/C=C\C/C=C\C/C=C\C/C=C\C/C=C\C/C=C\CCCCCCCCCCCCCCCCCCCC(=O)NC(COC1OC(CO)C(O)C(O)C1O)C(O)CCCCCCCCCCCCCCCCCCCCCCCCCCCCCCCCC. The molecule has 0 aromatic rings. The molecule has 93 heavy (non-hydrogen) atoms. The normalized spacial score (nSPS) is 18.0. The first-order valence-corrected chi connectivity index (χ1v) is 40.3. The van der Waals surface area contributed by atoms with Gasteiger partial charge in [0.15, 0.2) is 6.29 Å². The molecule has 0 bridgehead atoms. The minimum absolute atomic E-state index is 0.137. The van der Waals surface area contributed by atoms with Crippen molar-refractivity contribution < 1.29 is 39.8 Å². The van der Waals surface area contributed by atoms with Crippen molar-refractivity contribution in [3.8, 4) is 0 Å². The molecule has 1 saturated heterocycles. The summed E-state index contributed by atoms with van der Waals surface area (Å²) in [6.45, 7) is 3.78. The van der Waals surface area contributed by atoms with E-state index in [0.29, 0.717) is 12.8 Å². The van der Waals surface area contributed by atoms with Crippen molar-refractivity contribution in [2.45, 2.75) is 429 Å². The number of allylic oxidation sites excluding steroid dienone is 14. The molecule has 542 valence electrons. The Balaban J connectivity index is 2.06. The fourth-order valence-electron chi connectivity index (χ4n) is 12.8. The molecular formula is C84H153NO8. The molecular weight excluding hydrogens is 1150 g/mol. The summed E-state index contributed by atoms with van der Waals surface area (Å²) in [5.41, 5.74) is 0. The standard InChI is InChI=1S/C84H153NO8/c1-3-5-7-9-11-13-15-17-19-21-23-25-27-29-31-33-35-36-37-38-39-40-41-42-44-46-48-50-52-54-56-58-60-62-64-66-68-70-72-74-80(88)85-77(76-92-84-83(91)82(90)81(89)79(75-86)93-84)78(87)73-71-69-67-65-63-61-59-57-55-53-51-49-47-45-43-34-32-30-28-26-24-22-20-18-16-14-12-10-8-6-4-2/h5,7,11,13,17,19,23,25,29,31,35-36,38-39,77-79,81-84,86-87,89-91H,3-4,6,8-10,12,14-16,18,20-22,24,26-28,30,32-34,37,40-76H2,1-2H3,(H,85,88)/b7-5-,13-11-,19-17-,25-23-,31-29-,36-35-,39-38-. The second-order valence-corrected chi connectivity index (χ2v) is 27.8. The summed E-state index contributed by atoms with van der Waals surface area (Å²) in [5, 5.41) is 55.1. The third-order valence-electron chi connectivity index (χ3n) is 19.0. The molecule has 9 heteroatoms. The number of ether oxygens (including phenoxy) is 2. The van der Waals surface area contributed by atoms with Gasteiger partial charge >= 0.3 is 0 Å². The molecule has 1 heterocycles. The highest BCUT2D eigenvalue weighted by molar-refractivity contribution is 5.76. The molecule has 0 spiro atoms. The largest absolute Gasteiger partial charge is 0.394 e. The lowest BCUT2D eigenvalue weighted by molar-refractivity contribution is -0.302. The van der Waals surface area contributed by atoms with Gasteiger partial charge in [-0.15, -0.1) is 0 Å². The second-order valence-electron chi connectivity index (χ2n) is 27.8. The van der Waals surface area contributed by atoms with Crippen molar-refractivity contribution in [2.24, 2.45) is 0 Å². The summed E-state index contributed by atoms with van der Waals surface area (Å²) in [5.74, 6) is -0.139. The van der Waals surface area contributed by atoms with E-state index in [1.165, 1.54) is 276 Å². The summed E-state index contributed by atoms with van der Waals surface area (Å²) < 4.78 is 11.4. The van der Waals surface area contributed by atoms with Crippen LogP contribution in [0.3, 0.4) is 0 Å². The van der Waals surface area contributed by atoms with Gasteiger partial charge in [0.25, 0.3) is 0 Å². The Morgan fingerprint density at radius 1 is 0.376 bits per heavy atom. The number of aliphatic hydroxyl groups excluding tert-OH is 5. The van der Waals surface area contributed by atoms with Crippen LogP contribution >= 0.6 is 0 Å². The Bertz CT molecular complexity index is 1750. The average molecular weight is 1310 g/mol. The van der Waals surface area contributed by atoms with Crippen molar-refractivity contribution in [1.29, 1.82) is 0 Å². The molecule has 1 rings (SSSR count). The van der Waals surface area contributed by atoms with Crippen LogP contribution in [0, 0.1) is 0 Å². The topological polar surface area (TPSA) is 149 Å². The number of rotatable bonds is 71. The lowest BCUT2D eigenvalue weighted by Gasteiger charge is -2.40. The van der Waals surface area contributed by atoms with Gasteiger partial charge in [-0.25, -0.2) is 0 Å². The van der Waals surface area contributed by atoms with Crippen LogP contribution in [0.5, 0.6) is 0 Å². The lowest BCUT2D eigenvalue weighted by Crippen LogP contribution is -2.60. The van der Waals surface area contributed by atoms with Gasteiger partial charge in [0.1, 0.15) is 24.4 Å². The molecule has 0 aromatic carbocycles. The fraction of sp³-hybridized carbons (Fsp3) is 0.821. The van der Waals surface area contributed by atoms with Crippen LogP contribution < -0.4 is 5.32 Å². The predicted octanol–water partition coefficient (Wildman–Crippen LogP) is 23.2. The summed E-state index contributed by atoms with van der Waals surface area (Å²) in [7, 11) is 0. The van der Waals surface area contributed by atoms with E-state index in [0.717, 1.165) is 83.5 Å². The zero-order valence-corrected chi connectivity index (χ0v) is 61.0. The van der Waals surface area contributed by atoms with Crippen LogP contribution in [0.2, 0.25) is 0 Å². The highest BCUT2D eigenvalue weighted by Gasteiger charge is 2.44. The van der Waals surface area contributed by atoms with E-state index in [1.807, 2.05) is 0 Å². The Kier molecular flexibility index (Phi) is 68.5. The second kappa shape index (κ2) is 72.1. The summed E-state index contributed by atoms with van der Waals surface area (Å²) in [6.07, 6.45) is 96.9. The van der Waals surface area contributed by atoms with Gasteiger partial charge < -0.3 is 40.3 Å². The molecule has 0 saturated carbocycles. The molecule has 6 N–H and O–H groups in total. The number of hydrogen-bond donors (Lipinski definition) is 6. The summed E-state index contributed by atoms with van der Waals surface area (Å²) >= 11 is 0. The Morgan fingerprint density at radius 3 is 0.989 bits per heavy atom. The average Bonchev–Trinajstić information content (AvgIpc) is 1.02. The van der Waals surface area contributed by atoms with E-state index in [2.05, 4.69) is 104 Å². The molecule has 0 radical (unpaired) electrons. The van der Waals surface area contributed by atoms with Crippen LogP contribution in [0.25, 0.3) is 0 Å². The maximum absolute atomic E-state index is 13.2. The third kappa shape index (κ3) is 60.3. The molecule has 0 aliphatic carbocycles. The van der Waals surface area contributed by atoms with Gasteiger partial charge in [0.2, 0.25) is 5.91 Å². The smallest absolute Gasteiger partial charge is 0.220 e. The molecule has 1 aliphatic heterocycles. The highest BCUT2D eigenvalue weighted by atomic mass is 16.7. The first-order chi connectivity index (χ1) is 45.8. The maximum Gasteiger partial charge on any atom is 0.220 e. The molecule has 1 fully saturated rings. The predicted molar refractivity (Wildman–Crippen MR) is 401 cm³/mol. The number of aliphatic hydroxyl groups is 5. The maximum atomic E-state index is 13.2. The minimum Gasteiger partial charge on any atom is -0.394 e. The van der Waals surface area contributed by atoms with Gasteiger partial charge in [-0.3, -0.25) is 4.79 Å². The van der Waals surface area contributed by atoms with Crippen molar-refractivity contribution in [3.63, 3.8) is 0 Å². The van der Waals surface area contributed by atoms with Crippen LogP contribution in [0.4, 0.5) is 0 Å². The molecule has 1 amide bonds. The van der Waals surface area contributed by atoms with E-state index in [4.69, 9.17) is 9.47 Å². The van der Waals surface area contributed by atoms with Gasteiger partial charge in [-0.05, 0) is 70.6 Å². The number of carbonyl (C=O) groups is 1. The Labute approximate surface area is 575 Å². The Morgan fingerprint density at radius 2 is 0.667 bits per heavy atom. The molecule has 1 aliphatic rings. The molecule has 9 nitrogen and oxygen atoms in total. The van der Waals surface area contributed by atoms with Crippen LogP contribution in [0.15, 0.2) is 85.1 Å². The molecule has 7 unspecified atom stereocenters. The minimum atomic E-state index is -1.56. The summed E-state index contributed by atoms with van der Waals surface area (Å²) in [6, 6.07) is -0.724. The van der Waals surface area contributed by atoms with Crippen molar-refractivity contribution in [3.05, 3.63) is 85.1 Å². The highest BCUT2D eigenvalue weighted by Crippen LogP contribution is 2.24. The van der Waals surface area contributed by atoms with Crippen molar-refractivity contribution >= 4 is 5.91 Å².